The van der Waals surface area contributed by atoms with Gasteiger partial charge in [-0.15, -0.1) is 0 Å². The molecule has 0 heterocycles. The van der Waals surface area contributed by atoms with Gasteiger partial charge in [0.2, 0.25) is 0 Å². The third kappa shape index (κ3) is 2.90. The van der Waals surface area contributed by atoms with Gasteiger partial charge in [-0.25, -0.2) is 4.79 Å². The first-order valence-electron chi connectivity index (χ1n) is 6.45. The highest BCUT2D eigenvalue weighted by molar-refractivity contribution is 5.92. The van der Waals surface area contributed by atoms with Gasteiger partial charge in [0.05, 0.1) is 12.7 Å². The fourth-order valence-electron chi connectivity index (χ4n) is 2.12. The highest BCUT2D eigenvalue weighted by Crippen LogP contribution is 2.33. The Balaban J connectivity index is 2.29. The van der Waals surface area contributed by atoms with Crippen molar-refractivity contribution in [2.45, 2.75) is 32.3 Å². The van der Waals surface area contributed by atoms with E-state index in [1.807, 2.05) is 32.9 Å². The van der Waals surface area contributed by atoms with Crippen LogP contribution in [0.15, 0.2) is 24.3 Å². The van der Waals surface area contributed by atoms with Crippen molar-refractivity contribution in [3.8, 4) is 0 Å². The molecule has 0 radical (unpaired) electrons. The molecular formula is C16H18O4. The fourth-order valence-corrected chi connectivity index (χ4v) is 2.12. The third-order valence-corrected chi connectivity index (χ3v) is 2.97. The minimum atomic E-state index is -0.534. The second-order valence-electron chi connectivity index (χ2n) is 5.71. The number of methoxy groups -OCH3 is 1. The van der Waals surface area contributed by atoms with E-state index in [0.717, 1.165) is 11.1 Å². The van der Waals surface area contributed by atoms with Gasteiger partial charge in [0.25, 0.3) is 0 Å². The normalized spacial score (nSPS) is 16.7. The van der Waals surface area contributed by atoms with Crippen molar-refractivity contribution in [1.82, 2.24) is 0 Å². The van der Waals surface area contributed by atoms with E-state index >= 15 is 0 Å². The standard InChI is InChI=1S/C16H18O4/c1-16(2,3)20-15(18)12-8-7-10-5-6-11(9-13(10)12)14(17)19-4/h5-9,12H,1-4H3. The van der Waals surface area contributed by atoms with E-state index in [1.54, 1.807) is 18.2 Å². The molecule has 1 atom stereocenters. The summed E-state index contributed by atoms with van der Waals surface area (Å²) in [7, 11) is 1.33. The van der Waals surface area contributed by atoms with E-state index in [9.17, 15) is 9.59 Å². The molecule has 0 amide bonds. The Labute approximate surface area is 118 Å². The Bertz CT molecular complexity index is 579. The maximum Gasteiger partial charge on any atom is 0.337 e. The quantitative estimate of drug-likeness (QED) is 0.778. The number of hydrogen-bond acceptors (Lipinski definition) is 4. The molecule has 2 rings (SSSR count). The molecule has 106 valence electrons. The van der Waals surface area contributed by atoms with E-state index in [0.29, 0.717) is 5.56 Å². The van der Waals surface area contributed by atoms with Crippen LogP contribution >= 0.6 is 0 Å². The van der Waals surface area contributed by atoms with Crippen LogP contribution in [0.4, 0.5) is 0 Å². The molecule has 1 aromatic carbocycles. The van der Waals surface area contributed by atoms with Gasteiger partial charge in [-0.2, -0.15) is 0 Å². The predicted octanol–water partition coefficient (Wildman–Crippen LogP) is 2.93. The van der Waals surface area contributed by atoms with Crippen LogP contribution in [0.1, 0.15) is 48.2 Å². The highest BCUT2D eigenvalue weighted by atomic mass is 16.6. The number of esters is 2. The Kier molecular flexibility index (Phi) is 3.66. The van der Waals surface area contributed by atoms with E-state index in [4.69, 9.17) is 9.47 Å². The molecule has 0 N–H and O–H groups in total. The van der Waals surface area contributed by atoms with Crippen molar-refractivity contribution < 1.29 is 19.1 Å². The number of hydrogen-bond donors (Lipinski definition) is 0. The molecule has 0 spiro atoms. The van der Waals surface area contributed by atoms with Crippen LogP contribution < -0.4 is 0 Å². The lowest BCUT2D eigenvalue weighted by Gasteiger charge is -2.22. The van der Waals surface area contributed by atoms with Gasteiger partial charge < -0.3 is 9.47 Å². The summed E-state index contributed by atoms with van der Waals surface area (Å²) in [5, 5.41) is 0. The summed E-state index contributed by atoms with van der Waals surface area (Å²) < 4.78 is 10.1. The van der Waals surface area contributed by atoms with Crippen molar-refractivity contribution in [3.63, 3.8) is 0 Å². The average Bonchev–Trinajstić information content (AvgIpc) is 2.78. The minimum Gasteiger partial charge on any atom is -0.465 e. The van der Waals surface area contributed by atoms with Gasteiger partial charge in [0, 0.05) is 0 Å². The monoisotopic (exact) mass is 274 g/mol. The summed E-state index contributed by atoms with van der Waals surface area (Å²) in [6, 6.07) is 5.19. The van der Waals surface area contributed by atoms with Crippen LogP contribution in [-0.4, -0.2) is 24.6 Å². The lowest BCUT2D eigenvalue weighted by molar-refractivity contribution is -0.155. The van der Waals surface area contributed by atoms with Crippen molar-refractivity contribution in [1.29, 1.82) is 0 Å². The van der Waals surface area contributed by atoms with Crippen LogP contribution in [0.25, 0.3) is 6.08 Å². The number of carbonyl (C=O) groups excluding carboxylic acids is 2. The second kappa shape index (κ2) is 5.12. The zero-order valence-electron chi connectivity index (χ0n) is 12.1. The lowest BCUT2D eigenvalue weighted by Crippen LogP contribution is -2.26. The average molecular weight is 274 g/mol. The largest absolute Gasteiger partial charge is 0.465 e. The summed E-state index contributed by atoms with van der Waals surface area (Å²) in [6.07, 6.45) is 3.66. The van der Waals surface area contributed by atoms with Crippen LogP contribution in [-0.2, 0) is 14.3 Å². The Morgan fingerprint density at radius 3 is 2.50 bits per heavy atom. The van der Waals surface area contributed by atoms with Crippen LogP contribution in [0.3, 0.4) is 0 Å². The van der Waals surface area contributed by atoms with Crippen LogP contribution in [0.5, 0.6) is 0 Å². The van der Waals surface area contributed by atoms with E-state index in [1.165, 1.54) is 7.11 Å². The number of carbonyl (C=O) groups is 2. The summed E-state index contributed by atoms with van der Waals surface area (Å²) >= 11 is 0. The van der Waals surface area contributed by atoms with Crippen molar-refractivity contribution >= 4 is 18.0 Å². The molecule has 0 fully saturated rings. The Morgan fingerprint density at radius 2 is 1.90 bits per heavy atom. The van der Waals surface area contributed by atoms with E-state index in [-0.39, 0.29) is 5.97 Å². The second-order valence-corrected chi connectivity index (χ2v) is 5.71. The van der Waals surface area contributed by atoms with E-state index in [2.05, 4.69) is 0 Å². The van der Waals surface area contributed by atoms with Crippen LogP contribution in [0, 0.1) is 0 Å². The van der Waals surface area contributed by atoms with Gasteiger partial charge in [-0.05, 0) is 44.0 Å². The SMILES string of the molecule is COC(=O)c1ccc2c(c1)C(C(=O)OC(C)(C)C)C=C2. The van der Waals surface area contributed by atoms with Gasteiger partial charge >= 0.3 is 11.9 Å². The van der Waals surface area contributed by atoms with Gasteiger partial charge in [0.15, 0.2) is 0 Å². The fraction of sp³-hybridized carbons (Fsp3) is 0.375. The molecule has 1 aromatic rings. The number of ether oxygens (including phenoxy) is 2. The minimum absolute atomic E-state index is 0.311. The number of benzene rings is 1. The van der Waals surface area contributed by atoms with Gasteiger partial charge in [0.1, 0.15) is 11.5 Å². The smallest absolute Gasteiger partial charge is 0.337 e. The topological polar surface area (TPSA) is 52.6 Å². The molecule has 1 aliphatic carbocycles. The lowest BCUT2D eigenvalue weighted by atomic mass is 9.98. The van der Waals surface area contributed by atoms with Gasteiger partial charge in [-0.1, -0.05) is 18.2 Å². The first-order chi connectivity index (χ1) is 9.31. The summed E-state index contributed by atoms with van der Waals surface area (Å²) in [6.45, 7) is 5.49. The molecule has 1 aliphatic rings. The van der Waals surface area contributed by atoms with Crippen molar-refractivity contribution in [2.75, 3.05) is 7.11 Å². The molecule has 0 saturated carbocycles. The maximum atomic E-state index is 12.2. The zero-order valence-corrected chi connectivity index (χ0v) is 12.1. The highest BCUT2D eigenvalue weighted by Gasteiger charge is 2.29. The van der Waals surface area contributed by atoms with E-state index < -0.39 is 17.5 Å². The first-order valence-corrected chi connectivity index (χ1v) is 6.45. The Morgan fingerprint density at radius 1 is 1.20 bits per heavy atom. The first kappa shape index (κ1) is 14.3. The molecule has 20 heavy (non-hydrogen) atoms. The van der Waals surface area contributed by atoms with Gasteiger partial charge in [-0.3, -0.25) is 4.79 Å². The summed E-state index contributed by atoms with van der Waals surface area (Å²) in [5.74, 6) is -1.19. The van der Waals surface area contributed by atoms with Crippen LogP contribution in [0.2, 0.25) is 0 Å². The summed E-state index contributed by atoms with van der Waals surface area (Å²) in [4.78, 5) is 23.7. The van der Waals surface area contributed by atoms with Crippen molar-refractivity contribution in [3.05, 3.63) is 41.0 Å². The number of rotatable bonds is 2. The molecule has 0 bridgehead atoms. The molecule has 1 unspecified atom stereocenters. The molecule has 0 saturated heterocycles. The maximum absolute atomic E-state index is 12.2. The Hall–Kier alpha value is -2.10. The molecule has 4 heteroatoms. The molecule has 4 nitrogen and oxygen atoms in total. The molecular weight excluding hydrogens is 256 g/mol. The molecule has 0 aromatic heterocycles. The molecule has 0 aliphatic heterocycles. The summed E-state index contributed by atoms with van der Waals surface area (Å²) in [5.41, 5.74) is 1.60. The van der Waals surface area contributed by atoms with Crippen molar-refractivity contribution in [2.24, 2.45) is 0 Å². The zero-order chi connectivity index (χ0) is 14.9. The third-order valence-electron chi connectivity index (χ3n) is 2.97. The number of fused-ring (bicyclic) bond motifs is 1. The predicted molar refractivity (Wildman–Crippen MR) is 75.4 cm³/mol.